The van der Waals surface area contributed by atoms with Crippen LogP contribution in [0.2, 0.25) is 0 Å². The van der Waals surface area contributed by atoms with Crippen LogP contribution >= 0.6 is 0 Å². The predicted molar refractivity (Wildman–Crippen MR) is 145 cm³/mol. The summed E-state index contributed by atoms with van der Waals surface area (Å²) in [5, 5.41) is 10.5. The van der Waals surface area contributed by atoms with E-state index in [2.05, 4.69) is 58.9 Å². The number of carbonyl (C=O) groups is 1. The number of nitrogens with zero attached hydrogens (tertiary/aromatic N) is 2. The topological polar surface area (TPSA) is 62.7 Å². The molecule has 3 atom stereocenters. The number of rotatable bonds is 12. The summed E-state index contributed by atoms with van der Waals surface area (Å²) in [6.45, 7) is 6.10. The number of carboxylic acids is 1. The van der Waals surface area contributed by atoms with Crippen molar-refractivity contribution in [3.8, 4) is 5.75 Å². The van der Waals surface area contributed by atoms with Gasteiger partial charge in [0.15, 0.2) is 0 Å². The molecular weight excluding hydrogens is 448 g/mol. The van der Waals surface area contributed by atoms with E-state index in [1.165, 1.54) is 11.1 Å². The first-order chi connectivity index (χ1) is 17.6. The molecule has 36 heavy (non-hydrogen) atoms. The van der Waals surface area contributed by atoms with Crippen LogP contribution in [0.4, 0.5) is 0 Å². The van der Waals surface area contributed by atoms with Gasteiger partial charge in [0.1, 0.15) is 5.75 Å². The average molecular weight is 487 g/mol. The predicted octanol–water partition coefficient (Wildman–Crippen LogP) is 6.17. The minimum absolute atomic E-state index is 0.237. The van der Waals surface area contributed by atoms with Gasteiger partial charge in [0.25, 0.3) is 0 Å². The molecule has 1 aliphatic heterocycles. The molecule has 0 saturated carbocycles. The molecule has 1 fully saturated rings. The summed E-state index contributed by atoms with van der Waals surface area (Å²) in [5.74, 6) is 1.09. The lowest BCUT2D eigenvalue weighted by atomic mass is 9.78. The van der Waals surface area contributed by atoms with Gasteiger partial charge in [-0.3, -0.25) is 14.7 Å². The molecule has 5 heteroatoms. The number of hydrogen-bond acceptors (Lipinski definition) is 4. The normalized spacial score (nSPS) is 19.1. The number of aryl methyl sites for hydroxylation is 1. The van der Waals surface area contributed by atoms with Gasteiger partial charge < -0.3 is 9.84 Å². The van der Waals surface area contributed by atoms with E-state index in [0.717, 1.165) is 68.3 Å². The van der Waals surface area contributed by atoms with Crippen molar-refractivity contribution in [2.75, 3.05) is 20.2 Å². The fourth-order valence-electron chi connectivity index (χ4n) is 5.73. The molecule has 4 rings (SSSR count). The molecule has 1 aliphatic rings. The number of carboxylic acid groups (broad SMARTS) is 1. The third-order valence-corrected chi connectivity index (χ3v) is 7.74. The quantitative estimate of drug-likeness (QED) is 0.310. The number of methoxy groups -OCH3 is 1. The van der Waals surface area contributed by atoms with Gasteiger partial charge in [-0.25, -0.2) is 0 Å². The number of ether oxygens (including phenoxy) is 1. The van der Waals surface area contributed by atoms with Gasteiger partial charge in [-0.15, -0.1) is 6.58 Å². The first-order valence-electron chi connectivity index (χ1n) is 13.1. The van der Waals surface area contributed by atoms with Gasteiger partial charge in [0.2, 0.25) is 0 Å². The number of aromatic nitrogens is 1. The number of fused-ring (bicyclic) bond motifs is 1. The molecule has 0 radical (unpaired) electrons. The van der Waals surface area contributed by atoms with Crippen LogP contribution in [0.25, 0.3) is 10.9 Å². The average Bonchev–Trinajstić information content (AvgIpc) is 2.91. The highest BCUT2D eigenvalue weighted by atomic mass is 16.5. The van der Waals surface area contributed by atoms with Gasteiger partial charge in [0, 0.05) is 30.6 Å². The zero-order valence-electron chi connectivity index (χ0n) is 21.3. The number of benzene rings is 2. The largest absolute Gasteiger partial charge is 0.497 e. The van der Waals surface area contributed by atoms with Gasteiger partial charge in [-0.05, 0) is 92.3 Å². The molecule has 1 aromatic heterocycles. The maximum absolute atomic E-state index is 11.4. The number of pyridine rings is 1. The van der Waals surface area contributed by atoms with E-state index in [0.29, 0.717) is 11.8 Å². The van der Waals surface area contributed by atoms with Crippen molar-refractivity contribution in [3.05, 3.63) is 84.6 Å². The van der Waals surface area contributed by atoms with Crippen LogP contribution in [-0.2, 0) is 17.6 Å². The zero-order valence-corrected chi connectivity index (χ0v) is 21.3. The fraction of sp³-hybridized carbons (Fsp3) is 0.419. The second-order valence-electron chi connectivity index (χ2n) is 9.97. The lowest BCUT2D eigenvalue weighted by Crippen LogP contribution is -2.46. The van der Waals surface area contributed by atoms with Crippen LogP contribution in [0.3, 0.4) is 0 Å². The Bertz CT molecular complexity index is 1150. The summed E-state index contributed by atoms with van der Waals surface area (Å²) in [6.07, 6.45) is 10.2. The lowest BCUT2D eigenvalue weighted by Gasteiger charge is -2.42. The molecule has 0 amide bonds. The monoisotopic (exact) mass is 486 g/mol. The smallest absolute Gasteiger partial charge is 0.303 e. The summed E-state index contributed by atoms with van der Waals surface area (Å²) < 4.78 is 5.43. The Hall–Kier alpha value is -3.18. The SMILES string of the molecule is C=CC(Cc1ccccc1)N1CCC(CCCc2ccnc3ccc(OC)cc23)C(CCC(=O)O)C1. The van der Waals surface area contributed by atoms with Gasteiger partial charge >= 0.3 is 5.97 Å². The molecule has 2 heterocycles. The number of piperidine rings is 1. The second-order valence-corrected chi connectivity index (χ2v) is 9.97. The number of hydrogen-bond donors (Lipinski definition) is 1. The van der Waals surface area contributed by atoms with Crippen molar-refractivity contribution in [1.29, 1.82) is 0 Å². The van der Waals surface area contributed by atoms with Crippen LogP contribution in [0, 0.1) is 11.8 Å². The van der Waals surface area contributed by atoms with Crippen LogP contribution < -0.4 is 4.74 Å². The first-order valence-corrected chi connectivity index (χ1v) is 13.1. The molecule has 0 aliphatic carbocycles. The maximum Gasteiger partial charge on any atom is 0.303 e. The Kier molecular flexibility index (Phi) is 9.12. The molecule has 3 aromatic rings. The van der Waals surface area contributed by atoms with E-state index in [-0.39, 0.29) is 12.5 Å². The maximum atomic E-state index is 11.4. The van der Waals surface area contributed by atoms with Crippen LogP contribution in [0.15, 0.2) is 73.4 Å². The molecule has 1 saturated heterocycles. The summed E-state index contributed by atoms with van der Waals surface area (Å²) in [7, 11) is 1.69. The molecule has 5 nitrogen and oxygen atoms in total. The van der Waals surface area contributed by atoms with E-state index < -0.39 is 5.97 Å². The van der Waals surface area contributed by atoms with Crippen LogP contribution in [0.5, 0.6) is 5.75 Å². The fourth-order valence-corrected chi connectivity index (χ4v) is 5.73. The summed E-state index contributed by atoms with van der Waals surface area (Å²) in [4.78, 5) is 18.4. The first kappa shape index (κ1) is 25.9. The van der Waals surface area contributed by atoms with Crippen molar-refractivity contribution >= 4 is 16.9 Å². The molecular formula is C31H38N2O3. The summed E-state index contributed by atoms with van der Waals surface area (Å²) >= 11 is 0. The third kappa shape index (κ3) is 6.73. The molecule has 1 N–H and O–H groups in total. The van der Waals surface area contributed by atoms with Gasteiger partial charge in [-0.2, -0.15) is 0 Å². The summed E-state index contributed by atoms with van der Waals surface area (Å²) in [5.41, 5.74) is 3.61. The molecule has 0 spiro atoms. The van der Waals surface area contributed by atoms with Crippen molar-refractivity contribution in [2.24, 2.45) is 11.8 Å². The zero-order chi connectivity index (χ0) is 25.3. The lowest BCUT2D eigenvalue weighted by molar-refractivity contribution is -0.137. The van der Waals surface area contributed by atoms with E-state index in [1.54, 1.807) is 7.11 Å². The summed E-state index contributed by atoms with van der Waals surface area (Å²) in [6, 6.07) is 19.0. The Balaban J connectivity index is 1.40. The molecule has 190 valence electrons. The third-order valence-electron chi connectivity index (χ3n) is 7.74. The minimum atomic E-state index is -0.701. The van der Waals surface area contributed by atoms with Crippen molar-refractivity contribution in [3.63, 3.8) is 0 Å². The number of aliphatic carboxylic acids is 1. The van der Waals surface area contributed by atoms with Crippen molar-refractivity contribution < 1.29 is 14.6 Å². The molecule has 0 bridgehead atoms. The van der Waals surface area contributed by atoms with E-state index >= 15 is 0 Å². The molecule has 3 unspecified atom stereocenters. The minimum Gasteiger partial charge on any atom is -0.497 e. The van der Waals surface area contributed by atoms with E-state index in [4.69, 9.17) is 4.74 Å². The van der Waals surface area contributed by atoms with Gasteiger partial charge in [-0.1, -0.05) is 36.4 Å². The molecule has 2 aromatic carbocycles. The van der Waals surface area contributed by atoms with E-state index in [1.807, 2.05) is 24.4 Å². The standard InChI is InChI=1S/C31H38N2O3/c1-3-27(20-23-8-5-4-6-9-23)33-19-17-24(26(22-33)12-15-31(34)35)10-7-11-25-16-18-32-30-14-13-28(36-2)21-29(25)30/h3-6,8-9,13-14,16,18,21,24,26-27H,1,7,10-12,15,17,19-20,22H2,2H3,(H,34,35). The highest BCUT2D eigenvalue weighted by Crippen LogP contribution is 2.33. The van der Waals surface area contributed by atoms with Crippen LogP contribution in [-0.4, -0.2) is 47.2 Å². The van der Waals surface area contributed by atoms with Gasteiger partial charge in [0.05, 0.1) is 12.6 Å². The Morgan fingerprint density at radius 3 is 2.78 bits per heavy atom. The van der Waals surface area contributed by atoms with Crippen molar-refractivity contribution in [1.82, 2.24) is 9.88 Å². The second kappa shape index (κ2) is 12.7. The highest BCUT2D eigenvalue weighted by molar-refractivity contribution is 5.83. The Morgan fingerprint density at radius 1 is 1.19 bits per heavy atom. The Labute approximate surface area is 214 Å². The van der Waals surface area contributed by atoms with E-state index in [9.17, 15) is 9.90 Å². The Morgan fingerprint density at radius 2 is 2.03 bits per heavy atom. The highest BCUT2D eigenvalue weighted by Gasteiger charge is 2.31. The number of likely N-dealkylation sites (tertiary alicyclic amines) is 1. The van der Waals surface area contributed by atoms with Crippen molar-refractivity contribution in [2.45, 2.75) is 51.0 Å². The van der Waals surface area contributed by atoms with Crippen LogP contribution in [0.1, 0.15) is 43.2 Å².